The Bertz CT molecular complexity index is 157. The first-order chi connectivity index (χ1) is 5.72. The molecule has 2 fully saturated rings. The number of fused-ring (bicyclic) bond motifs is 1. The molecule has 0 heteroatoms. The Labute approximate surface area is 76.7 Å². The lowest BCUT2D eigenvalue weighted by atomic mass is 9.57. The van der Waals surface area contributed by atoms with E-state index in [4.69, 9.17) is 0 Å². The standard InChI is InChI=1S/C12H22/c1-10-6-5-9-12(2)8-4-3-7-11(10)12/h10-11H,3-9H2,1-2H3/t10-,11-,12+/m0/s1. The lowest BCUT2D eigenvalue weighted by molar-refractivity contribution is 0.0234. The van der Waals surface area contributed by atoms with E-state index in [-0.39, 0.29) is 0 Å². The highest BCUT2D eigenvalue weighted by atomic mass is 14.5. The smallest absolute Gasteiger partial charge is 0.0295 e. The van der Waals surface area contributed by atoms with Crippen molar-refractivity contribution in [3.63, 3.8) is 0 Å². The molecule has 3 atom stereocenters. The summed E-state index contributed by atoms with van der Waals surface area (Å²) >= 11 is 0. The second kappa shape index (κ2) is 3.05. The molecule has 0 amide bonds. The summed E-state index contributed by atoms with van der Waals surface area (Å²) in [6, 6.07) is 0. The van der Waals surface area contributed by atoms with Gasteiger partial charge < -0.3 is 0 Å². The second-order valence-corrected chi connectivity index (χ2v) is 5.38. The Morgan fingerprint density at radius 1 is 1.00 bits per heavy atom. The lowest BCUT2D eigenvalue weighted by Gasteiger charge is -2.48. The number of rotatable bonds is 0. The van der Waals surface area contributed by atoms with Crippen LogP contribution in [0.15, 0.2) is 0 Å². The molecule has 0 aliphatic heterocycles. The van der Waals surface area contributed by atoms with E-state index in [0.717, 1.165) is 17.3 Å². The molecular formula is C12H22. The molecule has 2 saturated carbocycles. The first-order valence-electron chi connectivity index (χ1n) is 5.72. The molecule has 0 aromatic carbocycles. The van der Waals surface area contributed by atoms with Gasteiger partial charge in [-0.15, -0.1) is 0 Å². The molecule has 0 N–H and O–H groups in total. The molecule has 70 valence electrons. The van der Waals surface area contributed by atoms with Crippen LogP contribution < -0.4 is 0 Å². The highest BCUT2D eigenvalue weighted by Crippen LogP contribution is 2.52. The molecule has 2 rings (SSSR count). The summed E-state index contributed by atoms with van der Waals surface area (Å²) < 4.78 is 0. The van der Waals surface area contributed by atoms with Gasteiger partial charge in [0.25, 0.3) is 0 Å². The summed E-state index contributed by atoms with van der Waals surface area (Å²) in [6.45, 7) is 5.03. The molecule has 2 aliphatic rings. The van der Waals surface area contributed by atoms with Crippen LogP contribution in [-0.4, -0.2) is 0 Å². The van der Waals surface area contributed by atoms with Crippen LogP contribution in [0, 0.1) is 17.3 Å². The maximum atomic E-state index is 2.55. The zero-order valence-corrected chi connectivity index (χ0v) is 8.60. The zero-order chi connectivity index (χ0) is 8.60. The first-order valence-corrected chi connectivity index (χ1v) is 5.72. The third-order valence-corrected chi connectivity index (χ3v) is 4.50. The molecule has 0 nitrogen and oxygen atoms in total. The zero-order valence-electron chi connectivity index (χ0n) is 8.60. The van der Waals surface area contributed by atoms with Crippen molar-refractivity contribution in [2.24, 2.45) is 17.3 Å². The Morgan fingerprint density at radius 2 is 1.75 bits per heavy atom. The summed E-state index contributed by atoms with van der Waals surface area (Å²) in [5.41, 5.74) is 0.746. The largest absolute Gasteiger partial charge is 0.0622 e. The van der Waals surface area contributed by atoms with E-state index < -0.39 is 0 Å². The molecule has 2 aliphatic carbocycles. The summed E-state index contributed by atoms with van der Waals surface area (Å²) in [6.07, 6.45) is 10.6. The van der Waals surface area contributed by atoms with E-state index in [9.17, 15) is 0 Å². The van der Waals surface area contributed by atoms with E-state index in [0.29, 0.717) is 0 Å². The van der Waals surface area contributed by atoms with Crippen molar-refractivity contribution in [1.29, 1.82) is 0 Å². The van der Waals surface area contributed by atoms with E-state index in [2.05, 4.69) is 13.8 Å². The van der Waals surface area contributed by atoms with E-state index >= 15 is 0 Å². The van der Waals surface area contributed by atoms with Crippen LogP contribution in [0.4, 0.5) is 0 Å². The first kappa shape index (κ1) is 8.59. The SMILES string of the molecule is C[C@H]1CCC[C@@]2(C)CCCC[C@@H]12. The lowest BCUT2D eigenvalue weighted by Crippen LogP contribution is -2.38. The normalized spacial score (nSPS) is 48.5. The van der Waals surface area contributed by atoms with Crippen molar-refractivity contribution in [3.05, 3.63) is 0 Å². The summed E-state index contributed by atoms with van der Waals surface area (Å²) in [5.74, 6) is 2.09. The highest BCUT2D eigenvalue weighted by Gasteiger charge is 2.41. The predicted molar refractivity (Wildman–Crippen MR) is 53.1 cm³/mol. The van der Waals surface area contributed by atoms with Gasteiger partial charge in [0.1, 0.15) is 0 Å². The summed E-state index contributed by atoms with van der Waals surface area (Å²) in [5, 5.41) is 0. The molecule has 0 aromatic rings. The fourth-order valence-electron chi connectivity index (χ4n) is 3.74. The minimum absolute atomic E-state index is 0.746. The van der Waals surface area contributed by atoms with Crippen molar-refractivity contribution in [2.75, 3.05) is 0 Å². The van der Waals surface area contributed by atoms with E-state index in [1.165, 1.54) is 44.9 Å². The van der Waals surface area contributed by atoms with Gasteiger partial charge in [-0.1, -0.05) is 39.5 Å². The predicted octanol–water partition coefficient (Wildman–Crippen LogP) is 4.00. The monoisotopic (exact) mass is 166 g/mol. The van der Waals surface area contributed by atoms with Gasteiger partial charge in [-0.05, 0) is 36.5 Å². The molecular weight excluding hydrogens is 144 g/mol. The molecule has 0 unspecified atom stereocenters. The fourth-order valence-corrected chi connectivity index (χ4v) is 3.74. The van der Waals surface area contributed by atoms with Gasteiger partial charge >= 0.3 is 0 Å². The van der Waals surface area contributed by atoms with Gasteiger partial charge in [0.05, 0.1) is 0 Å². The Morgan fingerprint density at radius 3 is 2.50 bits per heavy atom. The van der Waals surface area contributed by atoms with Crippen molar-refractivity contribution in [3.8, 4) is 0 Å². The summed E-state index contributed by atoms with van der Waals surface area (Å²) in [4.78, 5) is 0. The van der Waals surface area contributed by atoms with Gasteiger partial charge in [-0.25, -0.2) is 0 Å². The van der Waals surface area contributed by atoms with Crippen LogP contribution in [0.25, 0.3) is 0 Å². The number of hydrogen-bond acceptors (Lipinski definition) is 0. The average Bonchev–Trinajstić information content (AvgIpc) is 2.04. The molecule has 0 saturated heterocycles. The molecule has 0 heterocycles. The molecule has 0 spiro atoms. The maximum absolute atomic E-state index is 2.55. The summed E-state index contributed by atoms with van der Waals surface area (Å²) in [7, 11) is 0. The number of hydrogen-bond donors (Lipinski definition) is 0. The Kier molecular flexibility index (Phi) is 2.18. The highest BCUT2D eigenvalue weighted by molar-refractivity contribution is 4.91. The second-order valence-electron chi connectivity index (χ2n) is 5.38. The van der Waals surface area contributed by atoms with Crippen LogP contribution in [0.1, 0.15) is 58.8 Å². The van der Waals surface area contributed by atoms with Crippen LogP contribution in [0.2, 0.25) is 0 Å². The average molecular weight is 166 g/mol. The topological polar surface area (TPSA) is 0 Å². The Hall–Kier alpha value is 0. The minimum atomic E-state index is 0.746. The van der Waals surface area contributed by atoms with Crippen LogP contribution in [0.5, 0.6) is 0 Å². The molecule has 0 aromatic heterocycles. The quantitative estimate of drug-likeness (QED) is 0.510. The van der Waals surface area contributed by atoms with Gasteiger partial charge in [0.2, 0.25) is 0 Å². The molecule has 0 bridgehead atoms. The molecule has 12 heavy (non-hydrogen) atoms. The maximum Gasteiger partial charge on any atom is -0.0295 e. The van der Waals surface area contributed by atoms with Crippen LogP contribution >= 0.6 is 0 Å². The van der Waals surface area contributed by atoms with Crippen LogP contribution in [0.3, 0.4) is 0 Å². The van der Waals surface area contributed by atoms with E-state index in [1.807, 2.05) is 0 Å². The third kappa shape index (κ3) is 1.30. The van der Waals surface area contributed by atoms with Crippen molar-refractivity contribution in [1.82, 2.24) is 0 Å². The van der Waals surface area contributed by atoms with E-state index in [1.54, 1.807) is 0 Å². The third-order valence-electron chi connectivity index (χ3n) is 4.50. The minimum Gasteiger partial charge on any atom is -0.0622 e. The van der Waals surface area contributed by atoms with Gasteiger partial charge in [0.15, 0.2) is 0 Å². The Balaban J connectivity index is 2.12. The van der Waals surface area contributed by atoms with Gasteiger partial charge in [-0.3, -0.25) is 0 Å². The molecule has 0 radical (unpaired) electrons. The van der Waals surface area contributed by atoms with Crippen molar-refractivity contribution < 1.29 is 0 Å². The van der Waals surface area contributed by atoms with Gasteiger partial charge in [-0.2, -0.15) is 0 Å². The van der Waals surface area contributed by atoms with Crippen molar-refractivity contribution in [2.45, 2.75) is 58.8 Å². The van der Waals surface area contributed by atoms with Crippen molar-refractivity contribution >= 4 is 0 Å². The van der Waals surface area contributed by atoms with Crippen LogP contribution in [-0.2, 0) is 0 Å². The fraction of sp³-hybridized carbons (Fsp3) is 1.00. The van der Waals surface area contributed by atoms with Gasteiger partial charge in [0, 0.05) is 0 Å².